The van der Waals surface area contributed by atoms with Gasteiger partial charge in [0.1, 0.15) is 10.6 Å². The van der Waals surface area contributed by atoms with E-state index in [1.54, 1.807) is 18.4 Å². The molecule has 4 heteroatoms. The van der Waals surface area contributed by atoms with E-state index < -0.39 is 0 Å². The minimum Gasteiger partial charge on any atom is -0.495 e. The second-order valence-electron chi connectivity index (χ2n) is 4.82. The van der Waals surface area contributed by atoms with Gasteiger partial charge in [0.15, 0.2) is 0 Å². The Hall–Kier alpha value is -1.03. The molecule has 1 aromatic rings. The number of ether oxygens (including phenoxy) is 1. The van der Waals surface area contributed by atoms with Crippen LogP contribution in [0.4, 0.5) is 0 Å². The van der Waals surface area contributed by atoms with Gasteiger partial charge in [-0.25, -0.2) is 0 Å². The van der Waals surface area contributed by atoms with Crippen LogP contribution in [0.25, 0.3) is 0 Å². The molecule has 1 N–H and O–H groups in total. The topological polar surface area (TPSA) is 38.3 Å². The number of amides is 1. The molecule has 94 valence electrons. The lowest BCUT2D eigenvalue weighted by Crippen LogP contribution is -2.26. The van der Waals surface area contributed by atoms with Crippen molar-refractivity contribution in [3.05, 3.63) is 15.3 Å². The number of carbonyl (C=O) groups is 1. The van der Waals surface area contributed by atoms with Crippen molar-refractivity contribution in [2.24, 2.45) is 5.92 Å². The van der Waals surface area contributed by atoms with Gasteiger partial charge in [0.2, 0.25) is 0 Å². The predicted molar refractivity (Wildman–Crippen MR) is 70.1 cm³/mol. The van der Waals surface area contributed by atoms with Crippen molar-refractivity contribution >= 4 is 17.2 Å². The van der Waals surface area contributed by atoms with Crippen molar-refractivity contribution in [3.63, 3.8) is 0 Å². The molecule has 3 nitrogen and oxygen atoms in total. The molecule has 1 aliphatic carbocycles. The molecule has 0 aliphatic heterocycles. The average molecular weight is 253 g/mol. The van der Waals surface area contributed by atoms with E-state index >= 15 is 0 Å². The van der Waals surface area contributed by atoms with Gasteiger partial charge in [0, 0.05) is 17.0 Å². The maximum Gasteiger partial charge on any atom is 0.265 e. The summed E-state index contributed by atoms with van der Waals surface area (Å²) >= 11 is 1.60. The highest BCUT2D eigenvalue weighted by molar-refractivity contribution is 7.14. The van der Waals surface area contributed by atoms with Crippen LogP contribution in [0.2, 0.25) is 0 Å². The van der Waals surface area contributed by atoms with Crippen LogP contribution in [0, 0.1) is 5.92 Å². The number of carbonyl (C=O) groups excluding carboxylic acids is 1. The molecule has 0 radical (unpaired) electrons. The van der Waals surface area contributed by atoms with Gasteiger partial charge in [-0.2, -0.15) is 0 Å². The Balaban J connectivity index is 2.18. The van der Waals surface area contributed by atoms with Gasteiger partial charge in [-0.15, -0.1) is 11.3 Å². The number of fused-ring (bicyclic) bond motifs is 1. The molecule has 0 saturated heterocycles. The molecular weight excluding hydrogens is 234 g/mol. The van der Waals surface area contributed by atoms with Crippen molar-refractivity contribution in [1.29, 1.82) is 0 Å². The summed E-state index contributed by atoms with van der Waals surface area (Å²) in [6.07, 6.45) is 3.33. The summed E-state index contributed by atoms with van der Waals surface area (Å²) in [5.74, 6) is 1.29. The molecule has 1 heterocycles. The van der Waals surface area contributed by atoms with E-state index in [1.807, 2.05) is 0 Å². The van der Waals surface area contributed by atoms with Crippen LogP contribution in [0.1, 0.15) is 40.4 Å². The molecule has 17 heavy (non-hydrogen) atoms. The van der Waals surface area contributed by atoms with Gasteiger partial charge in [-0.3, -0.25) is 4.79 Å². The zero-order valence-electron chi connectivity index (χ0n) is 10.6. The van der Waals surface area contributed by atoms with Crippen molar-refractivity contribution < 1.29 is 9.53 Å². The van der Waals surface area contributed by atoms with Crippen molar-refractivity contribution in [3.8, 4) is 5.75 Å². The fourth-order valence-electron chi connectivity index (χ4n) is 2.12. The third kappa shape index (κ3) is 2.46. The van der Waals surface area contributed by atoms with Gasteiger partial charge in [-0.1, -0.05) is 13.8 Å². The molecule has 0 aromatic carbocycles. The predicted octanol–water partition coefficient (Wildman–Crippen LogP) is 2.63. The fraction of sp³-hybridized carbons (Fsp3) is 0.615. The van der Waals surface area contributed by atoms with E-state index in [9.17, 15) is 4.79 Å². The van der Waals surface area contributed by atoms with Crippen molar-refractivity contribution in [2.45, 2.75) is 33.1 Å². The minimum absolute atomic E-state index is 0.00921. The summed E-state index contributed by atoms with van der Waals surface area (Å²) in [6.45, 7) is 4.89. The van der Waals surface area contributed by atoms with Crippen molar-refractivity contribution in [1.82, 2.24) is 5.32 Å². The van der Waals surface area contributed by atoms with E-state index in [4.69, 9.17) is 4.74 Å². The van der Waals surface area contributed by atoms with Gasteiger partial charge < -0.3 is 10.1 Å². The minimum atomic E-state index is 0.00921. The SMILES string of the molecule is COc1c(C(=O)NCC(C)C)sc2c1CCC2. The molecule has 1 aromatic heterocycles. The molecule has 0 fully saturated rings. The highest BCUT2D eigenvalue weighted by Gasteiger charge is 2.26. The van der Waals surface area contributed by atoms with Crippen LogP contribution in [0.5, 0.6) is 5.75 Å². The highest BCUT2D eigenvalue weighted by atomic mass is 32.1. The van der Waals surface area contributed by atoms with E-state index in [2.05, 4.69) is 19.2 Å². The van der Waals surface area contributed by atoms with Crippen molar-refractivity contribution in [2.75, 3.05) is 13.7 Å². The first-order chi connectivity index (χ1) is 8.13. The molecule has 1 aliphatic rings. The molecule has 0 bridgehead atoms. The van der Waals surface area contributed by atoms with Gasteiger partial charge >= 0.3 is 0 Å². The molecule has 0 saturated carbocycles. The maximum atomic E-state index is 12.1. The largest absolute Gasteiger partial charge is 0.495 e. The lowest BCUT2D eigenvalue weighted by molar-refractivity contribution is 0.0950. The van der Waals surface area contributed by atoms with Gasteiger partial charge in [0.05, 0.1) is 7.11 Å². The smallest absolute Gasteiger partial charge is 0.265 e. The molecule has 0 spiro atoms. The Labute approximate surface area is 106 Å². The number of hydrogen-bond acceptors (Lipinski definition) is 3. The monoisotopic (exact) mass is 253 g/mol. The standard InChI is InChI=1S/C13H19NO2S/c1-8(2)7-14-13(15)12-11(16-3)9-5-4-6-10(9)17-12/h8H,4-7H2,1-3H3,(H,14,15). The maximum absolute atomic E-state index is 12.1. The molecule has 2 rings (SSSR count). The normalized spacial score (nSPS) is 13.9. The second-order valence-corrected chi connectivity index (χ2v) is 5.93. The number of aryl methyl sites for hydroxylation is 1. The lowest BCUT2D eigenvalue weighted by Gasteiger charge is -2.08. The Bertz CT molecular complexity index is 423. The Morgan fingerprint density at radius 2 is 2.24 bits per heavy atom. The number of rotatable bonds is 4. The first kappa shape index (κ1) is 12.4. The quantitative estimate of drug-likeness (QED) is 0.896. The lowest BCUT2D eigenvalue weighted by atomic mass is 10.2. The Kier molecular flexibility index (Phi) is 3.72. The fourth-order valence-corrected chi connectivity index (χ4v) is 3.39. The number of nitrogens with one attached hydrogen (secondary N) is 1. The third-order valence-corrected chi connectivity index (χ3v) is 4.23. The number of hydrogen-bond donors (Lipinski definition) is 1. The Morgan fingerprint density at radius 1 is 1.47 bits per heavy atom. The van der Waals surface area contributed by atoms with E-state index in [-0.39, 0.29) is 5.91 Å². The van der Waals surface area contributed by atoms with E-state index in [0.717, 1.165) is 23.5 Å². The molecule has 0 unspecified atom stereocenters. The van der Waals surface area contributed by atoms with Crippen LogP contribution in [-0.2, 0) is 12.8 Å². The Morgan fingerprint density at radius 3 is 2.88 bits per heavy atom. The average Bonchev–Trinajstić information content (AvgIpc) is 2.84. The third-order valence-electron chi connectivity index (χ3n) is 2.95. The van der Waals surface area contributed by atoms with E-state index in [1.165, 1.54) is 16.9 Å². The van der Waals surface area contributed by atoms with Crippen LogP contribution in [0.3, 0.4) is 0 Å². The zero-order valence-corrected chi connectivity index (χ0v) is 11.4. The number of methoxy groups -OCH3 is 1. The highest BCUT2D eigenvalue weighted by Crippen LogP contribution is 2.40. The van der Waals surface area contributed by atoms with Crippen LogP contribution in [0.15, 0.2) is 0 Å². The van der Waals surface area contributed by atoms with Gasteiger partial charge in [0.25, 0.3) is 5.91 Å². The first-order valence-electron chi connectivity index (χ1n) is 6.10. The second kappa shape index (κ2) is 5.08. The number of thiophene rings is 1. The zero-order chi connectivity index (χ0) is 12.4. The summed E-state index contributed by atoms with van der Waals surface area (Å²) in [5.41, 5.74) is 1.26. The molecular formula is C13H19NO2S. The summed E-state index contributed by atoms with van der Waals surface area (Å²) in [5, 5.41) is 2.95. The first-order valence-corrected chi connectivity index (χ1v) is 6.91. The summed E-state index contributed by atoms with van der Waals surface area (Å²) in [4.78, 5) is 14.1. The summed E-state index contributed by atoms with van der Waals surface area (Å²) in [7, 11) is 1.65. The molecule has 1 amide bonds. The summed E-state index contributed by atoms with van der Waals surface area (Å²) in [6, 6.07) is 0. The van der Waals surface area contributed by atoms with Crippen LogP contribution in [-0.4, -0.2) is 19.6 Å². The van der Waals surface area contributed by atoms with E-state index in [0.29, 0.717) is 12.5 Å². The molecule has 0 atom stereocenters. The van der Waals surface area contributed by atoms with Crippen LogP contribution >= 0.6 is 11.3 Å². The van der Waals surface area contributed by atoms with Crippen LogP contribution < -0.4 is 10.1 Å². The summed E-state index contributed by atoms with van der Waals surface area (Å²) < 4.78 is 5.41. The van der Waals surface area contributed by atoms with Gasteiger partial charge in [-0.05, 0) is 25.2 Å².